The normalized spacial score (nSPS) is 14.4. The van der Waals surface area contributed by atoms with Crippen molar-refractivity contribution in [1.82, 2.24) is 10.2 Å². The standard InChI is InChI=1S/C25H31ClN2O4/c1-4-17(2)27-25(30)18(3)28(16-20-7-5-6-8-21(20)26)24(29)12-10-19-9-11-22-23(15-19)32-14-13-31-22/h5-9,11,15,17-18H,4,10,12-14,16H2,1-3H3,(H,27,30). The van der Waals surface area contributed by atoms with Crippen LogP contribution < -0.4 is 14.8 Å². The Morgan fingerprint density at radius 2 is 1.81 bits per heavy atom. The molecule has 0 spiro atoms. The van der Waals surface area contributed by atoms with E-state index in [1.807, 2.05) is 50.2 Å². The molecule has 2 aromatic carbocycles. The van der Waals surface area contributed by atoms with Gasteiger partial charge in [-0.15, -0.1) is 0 Å². The van der Waals surface area contributed by atoms with Gasteiger partial charge in [-0.3, -0.25) is 9.59 Å². The Labute approximate surface area is 194 Å². The number of ether oxygens (including phenoxy) is 2. The summed E-state index contributed by atoms with van der Waals surface area (Å²) >= 11 is 6.34. The topological polar surface area (TPSA) is 67.9 Å². The van der Waals surface area contributed by atoms with Crippen LogP contribution in [0.3, 0.4) is 0 Å². The van der Waals surface area contributed by atoms with Crippen molar-refractivity contribution in [3.05, 3.63) is 58.6 Å². The fourth-order valence-electron chi connectivity index (χ4n) is 3.50. The molecule has 1 N–H and O–H groups in total. The number of carbonyl (C=O) groups is 2. The van der Waals surface area contributed by atoms with E-state index in [4.69, 9.17) is 21.1 Å². The van der Waals surface area contributed by atoms with E-state index in [-0.39, 0.29) is 30.8 Å². The third kappa shape index (κ3) is 6.16. The Balaban J connectivity index is 1.73. The van der Waals surface area contributed by atoms with Crippen LogP contribution in [0.25, 0.3) is 0 Å². The second-order valence-electron chi connectivity index (χ2n) is 8.08. The molecule has 3 rings (SSSR count). The highest BCUT2D eigenvalue weighted by Crippen LogP contribution is 2.31. The number of nitrogens with zero attached hydrogens (tertiary/aromatic N) is 1. The van der Waals surface area contributed by atoms with Crippen LogP contribution in [0.4, 0.5) is 0 Å². The third-order valence-corrected chi connectivity index (χ3v) is 6.07. The molecule has 0 aliphatic carbocycles. The Hall–Kier alpha value is -2.73. The largest absolute Gasteiger partial charge is 0.486 e. The number of amides is 2. The molecule has 0 saturated carbocycles. The fraction of sp³-hybridized carbons (Fsp3) is 0.440. The summed E-state index contributed by atoms with van der Waals surface area (Å²) in [5.74, 6) is 1.16. The molecule has 2 aromatic rings. The van der Waals surface area contributed by atoms with Crippen molar-refractivity contribution in [2.24, 2.45) is 0 Å². The number of carbonyl (C=O) groups excluding carboxylic acids is 2. The molecule has 0 fully saturated rings. The zero-order valence-electron chi connectivity index (χ0n) is 18.9. The molecule has 0 radical (unpaired) electrons. The second kappa shape index (κ2) is 11.2. The number of aryl methyl sites for hydroxylation is 1. The summed E-state index contributed by atoms with van der Waals surface area (Å²) in [6, 6.07) is 12.5. The van der Waals surface area contributed by atoms with Crippen LogP contribution in [0.2, 0.25) is 5.02 Å². The maximum Gasteiger partial charge on any atom is 0.242 e. The lowest BCUT2D eigenvalue weighted by atomic mass is 10.1. The number of hydrogen-bond acceptors (Lipinski definition) is 4. The van der Waals surface area contributed by atoms with Crippen molar-refractivity contribution in [3.8, 4) is 11.5 Å². The Bertz CT molecular complexity index is 949. The maximum absolute atomic E-state index is 13.3. The van der Waals surface area contributed by atoms with Gasteiger partial charge in [0.1, 0.15) is 19.3 Å². The van der Waals surface area contributed by atoms with Gasteiger partial charge in [-0.25, -0.2) is 0 Å². The fourth-order valence-corrected chi connectivity index (χ4v) is 3.69. The number of hydrogen-bond donors (Lipinski definition) is 1. The number of fused-ring (bicyclic) bond motifs is 1. The Morgan fingerprint density at radius 1 is 1.09 bits per heavy atom. The quantitative estimate of drug-likeness (QED) is 0.605. The number of nitrogens with one attached hydrogen (secondary N) is 1. The van der Waals surface area contributed by atoms with E-state index < -0.39 is 6.04 Å². The molecular weight excluding hydrogens is 428 g/mol. The van der Waals surface area contributed by atoms with Gasteiger partial charge < -0.3 is 19.7 Å². The summed E-state index contributed by atoms with van der Waals surface area (Å²) in [6.07, 6.45) is 1.63. The Morgan fingerprint density at radius 3 is 2.53 bits per heavy atom. The molecule has 32 heavy (non-hydrogen) atoms. The molecule has 0 bridgehead atoms. The van der Waals surface area contributed by atoms with Crippen LogP contribution in [0.15, 0.2) is 42.5 Å². The molecule has 7 heteroatoms. The average molecular weight is 459 g/mol. The minimum absolute atomic E-state index is 0.0416. The molecule has 1 aliphatic rings. The highest BCUT2D eigenvalue weighted by molar-refractivity contribution is 6.31. The summed E-state index contributed by atoms with van der Waals surface area (Å²) in [5, 5.41) is 3.55. The molecule has 0 saturated heterocycles. The van der Waals surface area contributed by atoms with E-state index in [0.717, 1.165) is 23.3 Å². The van der Waals surface area contributed by atoms with Crippen molar-refractivity contribution in [2.75, 3.05) is 13.2 Å². The minimum atomic E-state index is -0.618. The highest BCUT2D eigenvalue weighted by atomic mass is 35.5. The predicted molar refractivity (Wildman–Crippen MR) is 125 cm³/mol. The number of benzene rings is 2. The van der Waals surface area contributed by atoms with E-state index in [1.54, 1.807) is 17.9 Å². The van der Waals surface area contributed by atoms with E-state index >= 15 is 0 Å². The lowest BCUT2D eigenvalue weighted by Gasteiger charge is -2.30. The van der Waals surface area contributed by atoms with Crippen LogP contribution in [0, 0.1) is 0 Å². The third-order valence-electron chi connectivity index (χ3n) is 5.70. The van der Waals surface area contributed by atoms with Crippen LogP contribution in [-0.2, 0) is 22.6 Å². The zero-order valence-corrected chi connectivity index (χ0v) is 19.7. The molecule has 172 valence electrons. The zero-order chi connectivity index (χ0) is 23.1. The molecule has 0 aromatic heterocycles. The van der Waals surface area contributed by atoms with E-state index in [1.165, 1.54) is 0 Å². The van der Waals surface area contributed by atoms with Gasteiger partial charge in [-0.2, -0.15) is 0 Å². The molecule has 2 atom stereocenters. The van der Waals surface area contributed by atoms with Crippen LogP contribution >= 0.6 is 11.6 Å². The molecule has 2 amide bonds. The highest BCUT2D eigenvalue weighted by Gasteiger charge is 2.27. The van der Waals surface area contributed by atoms with Gasteiger partial charge in [0.2, 0.25) is 11.8 Å². The molecule has 2 unspecified atom stereocenters. The van der Waals surface area contributed by atoms with Gasteiger partial charge in [0.05, 0.1) is 0 Å². The first-order valence-corrected chi connectivity index (χ1v) is 11.5. The van der Waals surface area contributed by atoms with Crippen LogP contribution in [-0.4, -0.2) is 42.0 Å². The molecular formula is C25H31ClN2O4. The van der Waals surface area contributed by atoms with E-state index in [0.29, 0.717) is 30.4 Å². The first kappa shape index (κ1) is 23.9. The van der Waals surface area contributed by atoms with Crippen molar-refractivity contribution in [2.45, 2.75) is 58.7 Å². The SMILES string of the molecule is CCC(C)NC(=O)C(C)N(Cc1ccccc1Cl)C(=O)CCc1ccc2c(c1)OCCO2. The second-order valence-corrected chi connectivity index (χ2v) is 8.49. The molecule has 1 heterocycles. The van der Waals surface area contributed by atoms with Crippen LogP contribution in [0.1, 0.15) is 44.7 Å². The summed E-state index contributed by atoms with van der Waals surface area (Å²) < 4.78 is 11.2. The van der Waals surface area contributed by atoms with Crippen molar-refractivity contribution in [3.63, 3.8) is 0 Å². The maximum atomic E-state index is 13.3. The number of rotatable bonds is 9. The number of halogens is 1. The van der Waals surface area contributed by atoms with Gasteiger partial charge in [0.25, 0.3) is 0 Å². The van der Waals surface area contributed by atoms with Crippen molar-refractivity contribution >= 4 is 23.4 Å². The van der Waals surface area contributed by atoms with Crippen LogP contribution in [0.5, 0.6) is 11.5 Å². The van der Waals surface area contributed by atoms with Gasteiger partial charge in [0, 0.05) is 24.0 Å². The molecule has 1 aliphatic heterocycles. The summed E-state index contributed by atoms with van der Waals surface area (Å²) in [7, 11) is 0. The van der Waals surface area contributed by atoms with Gasteiger partial charge >= 0.3 is 0 Å². The summed E-state index contributed by atoms with van der Waals surface area (Å²) in [5.41, 5.74) is 1.79. The van der Waals surface area contributed by atoms with Crippen molar-refractivity contribution < 1.29 is 19.1 Å². The monoisotopic (exact) mass is 458 g/mol. The summed E-state index contributed by atoms with van der Waals surface area (Å²) in [4.78, 5) is 27.7. The lowest BCUT2D eigenvalue weighted by molar-refractivity contribution is -0.140. The first-order valence-electron chi connectivity index (χ1n) is 11.1. The smallest absolute Gasteiger partial charge is 0.242 e. The Kier molecular flexibility index (Phi) is 8.39. The molecule has 6 nitrogen and oxygen atoms in total. The first-order chi connectivity index (χ1) is 15.4. The minimum Gasteiger partial charge on any atom is -0.486 e. The van der Waals surface area contributed by atoms with E-state index in [9.17, 15) is 9.59 Å². The van der Waals surface area contributed by atoms with Gasteiger partial charge in [-0.1, -0.05) is 42.8 Å². The summed E-state index contributed by atoms with van der Waals surface area (Å²) in [6.45, 7) is 7.05. The van der Waals surface area contributed by atoms with Gasteiger partial charge in [-0.05, 0) is 56.0 Å². The lowest BCUT2D eigenvalue weighted by Crippen LogP contribution is -2.49. The van der Waals surface area contributed by atoms with Gasteiger partial charge in [0.15, 0.2) is 11.5 Å². The van der Waals surface area contributed by atoms with E-state index in [2.05, 4.69) is 5.32 Å². The predicted octanol–water partition coefficient (Wildman–Crippen LogP) is 4.38. The van der Waals surface area contributed by atoms with Crippen molar-refractivity contribution in [1.29, 1.82) is 0 Å². The average Bonchev–Trinajstić information content (AvgIpc) is 2.81.